The lowest BCUT2D eigenvalue weighted by Crippen LogP contribution is -2.41. The number of rotatable bonds is 7. The van der Waals surface area contributed by atoms with Gasteiger partial charge in [0.1, 0.15) is 5.82 Å². The zero-order valence-corrected chi connectivity index (χ0v) is 12.2. The van der Waals surface area contributed by atoms with Crippen LogP contribution in [0.3, 0.4) is 0 Å². The molecular formula is C12H19FN2O3S. The first-order chi connectivity index (χ1) is 8.89. The molecule has 0 saturated carbocycles. The van der Waals surface area contributed by atoms with Crippen LogP contribution in [0.5, 0.6) is 0 Å². The summed E-state index contributed by atoms with van der Waals surface area (Å²) in [7, 11) is 0.765. The molecule has 0 aliphatic rings. The van der Waals surface area contributed by atoms with Crippen LogP contribution in [-0.4, -0.2) is 51.4 Å². The lowest BCUT2D eigenvalue weighted by Gasteiger charge is -2.25. The number of nitrogens with zero attached hydrogens (tertiary/aromatic N) is 2. The van der Waals surface area contributed by atoms with E-state index in [9.17, 15) is 12.8 Å². The van der Waals surface area contributed by atoms with Crippen LogP contribution in [0, 0.1) is 5.82 Å². The van der Waals surface area contributed by atoms with Gasteiger partial charge in [0.2, 0.25) is 0 Å². The van der Waals surface area contributed by atoms with E-state index in [1.165, 1.54) is 31.6 Å². The molecule has 0 unspecified atom stereocenters. The molecular weight excluding hydrogens is 271 g/mol. The molecule has 0 aliphatic heterocycles. The first-order valence-electron chi connectivity index (χ1n) is 5.79. The number of benzene rings is 1. The number of ether oxygens (including phenoxy) is 1. The third-order valence-corrected chi connectivity index (χ3v) is 4.52. The highest BCUT2D eigenvalue weighted by Crippen LogP contribution is 2.14. The third kappa shape index (κ3) is 4.24. The third-order valence-electron chi connectivity index (χ3n) is 2.64. The summed E-state index contributed by atoms with van der Waals surface area (Å²) in [4.78, 5) is 0. The summed E-state index contributed by atoms with van der Waals surface area (Å²) in [6.07, 6.45) is 0. The van der Waals surface area contributed by atoms with Crippen molar-refractivity contribution < 1.29 is 17.5 Å². The zero-order valence-electron chi connectivity index (χ0n) is 11.3. The van der Waals surface area contributed by atoms with Crippen LogP contribution in [0.4, 0.5) is 4.39 Å². The van der Waals surface area contributed by atoms with E-state index in [1.54, 1.807) is 18.2 Å². The minimum atomic E-state index is -3.61. The second-order valence-electron chi connectivity index (χ2n) is 4.21. The monoisotopic (exact) mass is 290 g/mol. The van der Waals surface area contributed by atoms with Crippen molar-refractivity contribution in [3.63, 3.8) is 0 Å². The van der Waals surface area contributed by atoms with Crippen molar-refractivity contribution >= 4 is 10.2 Å². The topological polar surface area (TPSA) is 49.9 Å². The molecule has 1 aromatic rings. The van der Waals surface area contributed by atoms with Gasteiger partial charge >= 0.3 is 0 Å². The molecule has 0 atom stereocenters. The zero-order chi connectivity index (χ0) is 14.5. The molecule has 0 amide bonds. The highest BCUT2D eigenvalue weighted by Gasteiger charge is 2.25. The Morgan fingerprint density at radius 3 is 2.42 bits per heavy atom. The van der Waals surface area contributed by atoms with Crippen molar-refractivity contribution in [2.24, 2.45) is 0 Å². The van der Waals surface area contributed by atoms with E-state index in [4.69, 9.17) is 4.74 Å². The van der Waals surface area contributed by atoms with E-state index < -0.39 is 16.0 Å². The van der Waals surface area contributed by atoms with Crippen molar-refractivity contribution in [1.82, 2.24) is 8.61 Å². The maximum absolute atomic E-state index is 13.6. The Kier molecular flexibility index (Phi) is 5.86. The molecule has 0 saturated heterocycles. The SMILES string of the molecule is COCCN(Cc1ccccc1F)S(=O)(=O)N(C)C. The van der Waals surface area contributed by atoms with Crippen LogP contribution in [0.2, 0.25) is 0 Å². The predicted molar refractivity (Wildman–Crippen MR) is 71.3 cm³/mol. The lowest BCUT2D eigenvalue weighted by molar-refractivity contribution is 0.175. The molecule has 0 N–H and O–H groups in total. The van der Waals surface area contributed by atoms with Crippen LogP contribution < -0.4 is 0 Å². The van der Waals surface area contributed by atoms with Gasteiger partial charge < -0.3 is 4.74 Å². The minimum Gasteiger partial charge on any atom is -0.383 e. The quantitative estimate of drug-likeness (QED) is 0.755. The van der Waals surface area contributed by atoms with E-state index in [0.717, 1.165) is 4.31 Å². The number of halogens is 1. The Balaban J connectivity index is 2.96. The molecule has 0 aliphatic carbocycles. The van der Waals surface area contributed by atoms with Crippen molar-refractivity contribution in [1.29, 1.82) is 0 Å². The maximum atomic E-state index is 13.6. The standard InChI is InChI=1S/C12H19FN2O3S/c1-14(2)19(16,17)15(8-9-18-3)10-11-6-4-5-7-12(11)13/h4-7H,8-10H2,1-3H3. The fourth-order valence-corrected chi connectivity index (χ4v) is 2.59. The highest BCUT2D eigenvalue weighted by molar-refractivity contribution is 7.86. The fourth-order valence-electron chi connectivity index (χ4n) is 1.52. The first kappa shape index (κ1) is 16.0. The summed E-state index contributed by atoms with van der Waals surface area (Å²) in [5, 5.41) is 0. The second kappa shape index (κ2) is 6.95. The fraction of sp³-hybridized carbons (Fsp3) is 0.500. The van der Waals surface area contributed by atoms with Crippen molar-refractivity contribution in [2.75, 3.05) is 34.4 Å². The Labute approximate surface area is 113 Å². The number of methoxy groups -OCH3 is 1. The molecule has 108 valence electrons. The van der Waals surface area contributed by atoms with Crippen LogP contribution in [0.25, 0.3) is 0 Å². The van der Waals surface area contributed by atoms with Gasteiger partial charge in [-0.05, 0) is 6.07 Å². The maximum Gasteiger partial charge on any atom is 0.281 e. The summed E-state index contributed by atoms with van der Waals surface area (Å²) in [6, 6.07) is 6.13. The van der Waals surface area contributed by atoms with Crippen molar-refractivity contribution in [3.8, 4) is 0 Å². The molecule has 0 spiro atoms. The largest absolute Gasteiger partial charge is 0.383 e. The van der Waals surface area contributed by atoms with Gasteiger partial charge in [-0.15, -0.1) is 0 Å². The summed E-state index contributed by atoms with van der Waals surface area (Å²) < 4.78 is 45.0. The van der Waals surface area contributed by atoms with E-state index >= 15 is 0 Å². The normalized spacial score (nSPS) is 12.3. The van der Waals surface area contributed by atoms with Gasteiger partial charge in [-0.25, -0.2) is 4.39 Å². The second-order valence-corrected chi connectivity index (χ2v) is 6.35. The van der Waals surface area contributed by atoms with Crippen LogP contribution in [0.15, 0.2) is 24.3 Å². The molecule has 0 aromatic heterocycles. The number of hydrogen-bond donors (Lipinski definition) is 0. The molecule has 7 heteroatoms. The predicted octanol–water partition coefficient (Wildman–Crippen LogP) is 1.08. The Morgan fingerprint density at radius 1 is 1.26 bits per heavy atom. The Bertz CT molecular complexity index is 505. The number of hydrogen-bond acceptors (Lipinski definition) is 3. The Morgan fingerprint density at radius 2 is 1.89 bits per heavy atom. The Hall–Kier alpha value is -1.02. The van der Waals surface area contributed by atoms with Gasteiger partial charge in [0, 0.05) is 39.9 Å². The molecule has 19 heavy (non-hydrogen) atoms. The van der Waals surface area contributed by atoms with Crippen LogP contribution in [-0.2, 0) is 21.5 Å². The summed E-state index contributed by atoms with van der Waals surface area (Å²) in [5.41, 5.74) is 0.337. The smallest absolute Gasteiger partial charge is 0.281 e. The van der Waals surface area contributed by atoms with E-state index in [0.29, 0.717) is 5.56 Å². The van der Waals surface area contributed by atoms with Crippen molar-refractivity contribution in [2.45, 2.75) is 6.54 Å². The molecule has 0 fully saturated rings. The van der Waals surface area contributed by atoms with Crippen LogP contribution >= 0.6 is 0 Å². The molecule has 5 nitrogen and oxygen atoms in total. The molecule has 1 aromatic carbocycles. The molecule has 0 heterocycles. The highest BCUT2D eigenvalue weighted by atomic mass is 32.2. The first-order valence-corrected chi connectivity index (χ1v) is 7.19. The van der Waals surface area contributed by atoms with Crippen LogP contribution in [0.1, 0.15) is 5.56 Å². The summed E-state index contributed by atoms with van der Waals surface area (Å²) in [6.45, 7) is 0.406. The molecule has 1 rings (SSSR count). The van der Waals surface area contributed by atoms with Gasteiger partial charge in [0.25, 0.3) is 10.2 Å². The van der Waals surface area contributed by atoms with Crippen molar-refractivity contribution in [3.05, 3.63) is 35.6 Å². The van der Waals surface area contributed by atoms with E-state index in [-0.39, 0.29) is 19.7 Å². The van der Waals surface area contributed by atoms with E-state index in [1.807, 2.05) is 0 Å². The van der Waals surface area contributed by atoms with Gasteiger partial charge in [-0.1, -0.05) is 18.2 Å². The van der Waals surface area contributed by atoms with Gasteiger partial charge in [-0.2, -0.15) is 17.0 Å². The van der Waals surface area contributed by atoms with E-state index in [2.05, 4.69) is 0 Å². The minimum absolute atomic E-state index is 0.0173. The molecule has 0 bridgehead atoms. The van der Waals surface area contributed by atoms with Gasteiger partial charge in [-0.3, -0.25) is 0 Å². The average molecular weight is 290 g/mol. The van der Waals surface area contributed by atoms with Gasteiger partial charge in [0.15, 0.2) is 0 Å². The van der Waals surface area contributed by atoms with Gasteiger partial charge in [0.05, 0.1) is 6.61 Å². The average Bonchev–Trinajstić information content (AvgIpc) is 2.36. The summed E-state index contributed by atoms with van der Waals surface area (Å²) in [5.74, 6) is -0.418. The lowest BCUT2D eigenvalue weighted by atomic mass is 10.2. The molecule has 0 radical (unpaired) electrons. The summed E-state index contributed by atoms with van der Waals surface area (Å²) >= 11 is 0.